The Labute approximate surface area is 116 Å². The maximum absolute atomic E-state index is 6.31. The lowest BCUT2D eigenvalue weighted by molar-refractivity contribution is -0.0641. The Bertz CT molecular complexity index is 443. The van der Waals surface area contributed by atoms with E-state index in [1.54, 1.807) is 0 Å². The van der Waals surface area contributed by atoms with Crippen molar-refractivity contribution >= 4 is 15.9 Å². The van der Waals surface area contributed by atoms with E-state index in [4.69, 9.17) is 9.47 Å². The van der Waals surface area contributed by atoms with Gasteiger partial charge >= 0.3 is 0 Å². The van der Waals surface area contributed by atoms with Gasteiger partial charge in [-0.05, 0) is 25.2 Å². The normalized spacial score (nSPS) is 25.6. The molecule has 1 aromatic rings. The highest BCUT2D eigenvalue weighted by Gasteiger charge is 2.41. The lowest BCUT2D eigenvalue weighted by Crippen LogP contribution is -2.47. The molecular formula is C14H18BrNO2. The molecule has 1 spiro atoms. The van der Waals surface area contributed by atoms with Crippen LogP contribution in [-0.2, 0) is 4.74 Å². The summed E-state index contributed by atoms with van der Waals surface area (Å²) in [4.78, 5) is 0. The molecule has 98 valence electrons. The molecule has 2 heterocycles. The van der Waals surface area contributed by atoms with Crippen LogP contribution in [0, 0.1) is 0 Å². The fourth-order valence-corrected chi connectivity index (χ4v) is 3.33. The molecule has 3 rings (SSSR count). The average molecular weight is 312 g/mol. The number of nitrogens with one attached hydrogen (secondary N) is 1. The number of halogens is 1. The van der Waals surface area contributed by atoms with E-state index in [2.05, 4.69) is 33.4 Å². The van der Waals surface area contributed by atoms with Gasteiger partial charge in [-0.25, -0.2) is 0 Å². The van der Waals surface area contributed by atoms with Gasteiger partial charge in [-0.15, -0.1) is 0 Å². The highest BCUT2D eigenvalue weighted by Crippen LogP contribution is 2.44. The number of rotatable bonds is 1. The number of fused-ring (bicyclic) bond motifs is 1. The van der Waals surface area contributed by atoms with Gasteiger partial charge in [0.25, 0.3) is 0 Å². The number of benzene rings is 1. The van der Waals surface area contributed by atoms with Crippen molar-refractivity contribution < 1.29 is 9.47 Å². The van der Waals surface area contributed by atoms with Crippen molar-refractivity contribution in [2.75, 3.05) is 20.3 Å². The van der Waals surface area contributed by atoms with Gasteiger partial charge in [0, 0.05) is 35.3 Å². The molecule has 18 heavy (non-hydrogen) atoms. The topological polar surface area (TPSA) is 30.5 Å². The van der Waals surface area contributed by atoms with E-state index < -0.39 is 0 Å². The predicted molar refractivity (Wildman–Crippen MR) is 74.0 cm³/mol. The Hall–Kier alpha value is -0.580. The molecule has 1 fully saturated rings. The molecule has 1 aromatic carbocycles. The second kappa shape index (κ2) is 4.83. The summed E-state index contributed by atoms with van der Waals surface area (Å²) in [6.45, 7) is 1.62. The Balaban J connectivity index is 1.96. The molecule has 4 heteroatoms. The van der Waals surface area contributed by atoms with E-state index in [0.717, 1.165) is 42.7 Å². The van der Waals surface area contributed by atoms with Gasteiger partial charge in [-0.3, -0.25) is 0 Å². The van der Waals surface area contributed by atoms with E-state index in [1.807, 2.05) is 13.1 Å². The summed E-state index contributed by atoms with van der Waals surface area (Å²) >= 11 is 3.53. The Morgan fingerprint density at radius 2 is 2.11 bits per heavy atom. The highest BCUT2D eigenvalue weighted by molar-refractivity contribution is 9.10. The molecule has 3 nitrogen and oxygen atoms in total. The largest absolute Gasteiger partial charge is 0.487 e. The van der Waals surface area contributed by atoms with E-state index >= 15 is 0 Å². The van der Waals surface area contributed by atoms with Gasteiger partial charge < -0.3 is 14.8 Å². The SMILES string of the molecule is CNC1CC2(CCOCC2)Oc2ccc(Br)cc21. The number of hydrogen-bond donors (Lipinski definition) is 1. The first-order valence-electron chi connectivity index (χ1n) is 6.46. The van der Waals surface area contributed by atoms with Crippen molar-refractivity contribution in [1.82, 2.24) is 5.32 Å². The number of hydrogen-bond acceptors (Lipinski definition) is 3. The molecule has 2 aliphatic rings. The fraction of sp³-hybridized carbons (Fsp3) is 0.571. The van der Waals surface area contributed by atoms with Gasteiger partial charge in [0.05, 0.1) is 13.2 Å². The van der Waals surface area contributed by atoms with Gasteiger partial charge in [-0.1, -0.05) is 15.9 Å². The molecule has 1 unspecified atom stereocenters. The molecule has 0 aromatic heterocycles. The van der Waals surface area contributed by atoms with Crippen LogP contribution in [0.25, 0.3) is 0 Å². The van der Waals surface area contributed by atoms with Crippen molar-refractivity contribution in [3.05, 3.63) is 28.2 Å². The molecule has 1 saturated heterocycles. The first-order chi connectivity index (χ1) is 8.72. The summed E-state index contributed by atoms with van der Waals surface area (Å²) in [5.74, 6) is 1.02. The summed E-state index contributed by atoms with van der Waals surface area (Å²) in [7, 11) is 2.02. The van der Waals surface area contributed by atoms with Crippen LogP contribution < -0.4 is 10.1 Å². The van der Waals surface area contributed by atoms with Gasteiger partial charge in [0.2, 0.25) is 0 Å². The lowest BCUT2D eigenvalue weighted by atomic mass is 9.82. The standard InChI is InChI=1S/C14H18BrNO2/c1-16-12-9-14(4-6-17-7-5-14)18-13-3-2-10(15)8-11(12)13/h2-3,8,12,16H,4-7,9H2,1H3. The van der Waals surface area contributed by atoms with Crippen LogP contribution in [0.3, 0.4) is 0 Å². The van der Waals surface area contributed by atoms with Crippen molar-refractivity contribution in [2.45, 2.75) is 30.9 Å². The van der Waals surface area contributed by atoms with Crippen LogP contribution in [0.4, 0.5) is 0 Å². The molecule has 2 aliphatic heterocycles. The summed E-state index contributed by atoms with van der Waals surface area (Å²) in [6.07, 6.45) is 3.00. The first kappa shape index (κ1) is 12.5. The maximum Gasteiger partial charge on any atom is 0.125 e. The van der Waals surface area contributed by atoms with E-state index in [1.165, 1.54) is 5.56 Å². The molecular weight excluding hydrogens is 294 g/mol. The van der Waals surface area contributed by atoms with Crippen molar-refractivity contribution in [1.29, 1.82) is 0 Å². The third kappa shape index (κ3) is 2.17. The predicted octanol–water partition coefficient (Wildman–Crippen LogP) is 3.04. The van der Waals surface area contributed by atoms with Crippen LogP contribution >= 0.6 is 15.9 Å². The van der Waals surface area contributed by atoms with Crippen LogP contribution in [0.2, 0.25) is 0 Å². The second-order valence-electron chi connectivity index (χ2n) is 5.12. The minimum atomic E-state index is -0.0350. The fourth-order valence-electron chi connectivity index (χ4n) is 2.95. The molecule has 1 atom stereocenters. The summed E-state index contributed by atoms with van der Waals surface area (Å²) < 4.78 is 12.9. The highest BCUT2D eigenvalue weighted by atomic mass is 79.9. The van der Waals surface area contributed by atoms with Crippen molar-refractivity contribution in [3.8, 4) is 5.75 Å². The zero-order chi connectivity index (χ0) is 12.6. The summed E-state index contributed by atoms with van der Waals surface area (Å²) in [5, 5.41) is 3.42. The second-order valence-corrected chi connectivity index (χ2v) is 6.04. The molecule has 0 aliphatic carbocycles. The number of ether oxygens (including phenoxy) is 2. The smallest absolute Gasteiger partial charge is 0.125 e. The zero-order valence-electron chi connectivity index (χ0n) is 10.5. The first-order valence-corrected chi connectivity index (χ1v) is 7.25. The van der Waals surface area contributed by atoms with E-state index in [9.17, 15) is 0 Å². The Morgan fingerprint density at radius 1 is 1.33 bits per heavy atom. The van der Waals surface area contributed by atoms with Crippen LogP contribution in [0.5, 0.6) is 5.75 Å². The molecule has 0 bridgehead atoms. The maximum atomic E-state index is 6.31. The average Bonchev–Trinajstić information content (AvgIpc) is 2.39. The minimum absolute atomic E-state index is 0.0350. The van der Waals surface area contributed by atoms with Crippen LogP contribution in [-0.4, -0.2) is 25.9 Å². The quantitative estimate of drug-likeness (QED) is 0.864. The van der Waals surface area contributed by atoms with E-state index in [-0.39, 0.29) is 5.60 Å². The third-order valence-corrected chi connectivity index (χ3v) is 4.50. The monoisotopic (exact) mass is 311 g/mol. The van der Waals surface area contributed by atoms with Crippen LogP contribution in [0.15, 0.2) is 22.7 Å². The van der Waals surface area contributed by atoms with Crippen LogP contribution in [0.1, 0.15) is 30.9 Å². The Kier molecular flexibility index (Phi) is 3.34. The summed E-state index contributed by atoms with van der Waals surface area (Å²) in [6, 6.07) is 6.64. The zero-order valence-corrected chi connectivity index (χ0v) is 12.1. The lowest BCUT2D eigenvalue weighted by Gasteiger charge is -2.44. The van der Waals surface area contributed by atoms with E-state index in [0.29, 0.717) is 6.04 Å². The van der Waals surface area contributed by atoms with Crippen molar-refractivity contribution in [2.24, 2.45) is 0 Å². The third-order valence-electron chi connectivity index (χ3n) is 4.00. The Morgan fingerprint density at radius 3 is 2.83 bits per heavy atom. The minimum Gasteiger partial charge on any atom is -0.487 e. The molecule has 0 amide bonds. The summed E-state index contributed by atoms with van der Waals surface area (Å²) in [5.41, 5.74) is 1.22. The van der Waals surface area contributed by atoms with Crippen molar-refractivity contribution in [3.63, 3.8) is 0 Å². The molecule has 1 N–H and O–H groups in total. The molecule has 0 radical (unpaired) electrons. The van der Waals surface area contributed by atoms with Gasteiger partial charge in [0.15, 0.2) is 0 Å². The van der Waals surface area contributed by atoms with Gasteiger partial charge in [0.1, 0.15) is 11.4 Å². The van der Waals surface area contributed by atoms with Gasteiger partial charge in [-0.2, -0.15) is 0 Å². The molecule has 0 saturated carbocycles.